The highest BCUT2D eigenvalue weighted by molar-refractivity contribution is 8.18. The van der Waals surface area contributed by atoms with Crippen LogP contribution in [0.3, 0.4) is 0 Å². The number of hydrogen-bond donors (Lipinski definition) is 1. The second kappa shape index (κ2) is 12.3. The highest BCUT2D eigenvalue weighted by Crippen LogP contribution is 2.39. The molecule has 0 unspecified atom stereocenters. The fraction of sp³-hybridized carbons (Fsp3) is 0.250. The number of nitrogens with zero attached hydrogens (tertiary/aromatic N) is 1. The average Bonchev–Trinajstić information content (AvgIpc) is 3.10. The molecule has 190 valence electrons. The molecule has 2 aromatic carbocycles. The number of carbonyl (C=O) groups is 4. The zero-order valence-electron chi connectivity index (χ0n) is 19.7. The maximum absolute atomic E-state index is 12.8. The number of thioether (sulfide) groups is 1. The molecule has 2 aromatic rings. The van der Waals surface area contributed by atoms with Crippen LogP contribution in [0.25, 0.3) is 6.08 Å². The first kappa shape index (κ1) is 26.9. The molecule has 1 N–H and O–H groups in total. The number of benzene rings is 2. The molecule has 0 radical (unpaired) electrons. The molecule has 0 aliphatic carbocycles. The van der Waals surface area contributed by atoms with Gasteiger partial charge in [0.2, 0.25) is 5.91 Å². The van der Waals surface area contributed by atoms with Crippen LogP contribution in [0.1, 0.15) is 12.5 Å². The minimum atomic E-state index is -0.618. The van der Waals surface area contributed by atoms with Crippen molar-refractivity contribution in [1.29, 1.82) is 0 Å². The second-order valence-electron chi connectivity index (χ2n) is 7.17. The Morgan fingerprint density at radius 1 is 1.11 bits per heavy atom. The van der Waals surface area contributed by atoms with E-state index < -0.39 is 29.6 Å². The molecule has 1 aliphatic rings. The maximum Gasteiger partial charge on any atom is 0.344 e. The molecule has 12 heteroatoms. The summed E-state index contributed by atoms with van der Waals surface area (Å²) in [7, 11) is 2.92. The number of methoxy groups -OCH3 is 2. The monoisotopic (exact) mass is 534 g/mol. The number of rotatable bonds is 10. The average molecular weight is 535 g/mol. The van der Waals surface area contributed by atoms with Crippen molar-refractivity contribution in [3.05, 3.63) is 51.9 Å². The lowest BCUT2D eigenvalue weighted by Gasteiger charge is -2.13. The minimum absolute atomic E-state index is 0.107. The molecule has 1 aliphatic heterocycles. The van der Waals surface area contributed by atoms with E-state index in [4.69, 9.17) is 30.5 Å². The van der Waals surface area contributed by atoms with E-state index in [1.807, 2.05) is 0 Å². The summed E-state index contributed by atoms with van der Waals surface area (Å²) in [6.07, 6.45) is 1.45. The molecule has 0 spiro atoms. The maximum atomic E-state index is 12.8. The molecule has 0 atom stereocenters. The first-order valence-electron chi connectivity index (χ1n) is 10.6. The van der Waals surface area contributed by atoms with Gasteiger partial charge in [-0.2, -0.15) is 0 Å². The molecule has 1 saturated heterocycles. The third-order valence-electron chi connectivity index (χ3n) is 4.74. The van der Waals surface area contributed by atoms with Gasteiger partial charge >= 0.3 is 5.97 Å². The van der Waals surface area contributed by atoms with E-state index in [2.05, 4.69) is 5.32 Å². The van der Waals surface area contributed by atoms with Gasteiger partial charge in [0.25, 0.3) is 11.1 Å². The summed E-state index contributed by atoms with van der Waals surface area (Å²) in [5, 5.41) is 2.18. The van der Waals surface area contributed by atoms with Crippen LogP contribution in [0, 0.1) is 0 Å². The summed E-state index contributed by atoms with van der Waals surface area (Å²) < 4.78 is 20.6. The molecule has 3 rings (SSSR count). The number of halogens is 1. The zero-order chi connectivity index (χ0) is 26.2. The minimum Gasteiger partial charge on any atom is -0.497 e. The fourth-order valence-corrected chi connectivity index (χ4v) is 4.22. The Bertz CT molecular complexity index is 1200. The van der Waals surface area contributed by atoms with E-state index in [-0.39, 0.29) is 34.6 Å². The predicted octanol–water partition coefficient (Wildman–Crippen LogP) is 3.97. The number of imide groups is 1. The van der Waals surface area contributed by atoms with E-state index in [1.165, 1.54) is 32.4 Å². The van der Waals surface area contributed by atoms with Crippen molar-refractivity contribution in [2.24, 2.45) is 0 Å². The van der Waals surface area contributed by atoms with E-state index in [0.29, 0.717) is 28.8 Å². The summed E-state index contributed by atoms with van der Waals surface area (Å²) in [4.78, 5) is 50.2. The van der Waals surface area contributed by atoms with Crippen LogP contribution < -0.4 is 19.5 Å². The molecule has 1 fully saturated rings. The highest BCUT2D eigenvalue weighted by atomic mass is 35.5. The molecule has 1 heterocycles. The zero-order valence-corrected chi connectivity index (χ0v) is 21.2. The van der Waals surface area contributed by atoms with Crippen molar-refractivity contribution in [1.82, 2.24) is 4.90 Å². The molecule has 0 aromatic heterocycles. The van der Waals surface area contributed by atoms with E-state index in [1.54, 1.807) is 31.2 Å². The summed E-state index contributed by atoms with van der Waals surface area (Å²) in [5.41, 5.74) is 0.948. The van der Waals surface area contributed by atoms with E-state index in [9.17, 15) is 19.2 Å². The van der Waals surface area contributed by atoms with Crippen LogP contribution in [0.5, 0.6) is 17.2 Å². The summed E-state index contributed by atoms with van der Waals surface area (Å²) in [6.45, 7) is 1.08. The fourth-order valence-electron chi connectivity index (χ4n) is 3.10. The van der Waals surface area contributed by atoms with Gasteiger partial charge in [0.15, 0.2) is 18.1 Å². The standard InChI is InChI=1S/C24H23ClN2O8S/c1-4-34-21(29)13-35-22-17(25)9-14(10-18(22)33-3)11-19-23(30)27(24(31)36-19)12-20(28)26-15-5-7-16(32-2)8-6-15/h5-11H,4,12-13H2,1-3H3,(H,26,28)/b19-11-. The van der Waals surface area contributed by atoms with Crippen LogP contribution in [-0.2, 0) is 19.1 Å². The lowest BCUT2D eigenvalue weighted by Crippen LogP contribution is -2.36. The first-order chi connectivity index (χ1) is 17.2. The van der Waals surface area contributed by atoms with Crippen LogP contribution in [0.2, 0.25) is 5.02 Å². The smallest absolute Gasteiger partial charge is 0.344 e. The Labute approximate surface area is 216 Å². The summed E-state index contributed by atoms with van der Waals surface area (Å²) in [6, 6.07) is 9.66. The third-order valence-corrected chi connectivity index (χ3v) is 5.93. The Morgan fingerprint density at radius 3 is 2.47 bits per heavy atom. The van der Waals surface area contributed by atoms with Gasteiger partial charge < -0.3 is 24.3 Å². The van der Waals surface area contributed by atoms with Gasteiger partial charge in [0.1, 0.15) is 12.3 Å². The van der Waals surface area contributed by atoms with Gasteiger partial charge in [0, 0.05) is 5.69 Å². The Hall–Kier alpha value is -3.70. The molecular weight excluding hydrogens is 512 g/mol. The molecule has 3 amide bonds. The Kier molecular flexibility index (Phi) is 9.20. The van der Waals surface area contributed by atoms with E-state index >= 15 is 0 Å². The van der Waals surface area contributed by atoms with Crippen molar-refractivity contribution in [2.45, 2.75) is 6.92 Å². The van der Waals surface area contributed by atoms with E-state index in [0.717, 1.165) is 4.90 Å². The van der Waals surface area contributed by atoms with Crippen molar-refractivity contribution in [3.8, 4) is 17.2 Å². The van der Waals surface area contributed by atoms with Gasteiger partial charge in [-0.05, 0) is 66.7 Å². The van der Waals surface area contributed by atoms with Crippen molar-refractivity contribution < 1.29 is 38.1 Å². The van der Waals surface area contributed by atoms with Crippen LogP contribution in [0.15, 0.2) is 41.3 Å². The summed E-state index contributed by atoms with van der Waals surface area (Å²) in [5.74, 6) is -0.739. The quantitative estimate of drug-likeness (QED) is 0.356. The number of amides is 3. The van der Waals surface area contributed by atoms with Crippen molar-refractivity contribution in [2.75, 3.05) is 39.3 Å². The number of hydrogen-bond acceptors (Lipinski definition) is 9. The molecule has 0 saturated carbocycles. The lowest BCUT2D eigenvalue weighted by atomic mass is 10.1. The number of nitrogens with one attached hydrogen (secondary N) is 1. The largest absolute Gasteiger partial charge is 0.497 e. The topological polar surface area (TPSA) is 120 Å². The normalized spacial score (nSPS) is 14.1. The molecule has 36 heavy (non-hydrogen) atoms. The Balaban J connectivity index is 1.70. The predicted molar refractivity (Wildman–Crippen MR) is 134 cm³/mol. The lowest BCUT2D eigenvalue weighted by molar-refractivity contribution is -0.145. The van der Waals surface area contributed by atoms with Gasteiger partial charge in [-0.25, -0.2) is 4.79 Å². The van der Waals surface area contributed by atoms with Gasteiger partial charge in [-0.3, -0.25) is 19.3 Å². The SMILES string of the molecule is CCOC(=O)COc1c(Cl)cc(/C=C2\SC(=O)N(CC(=O)Nc3ccc(OC)cc3)C2=O)cc1OC. The van der Waals surface area contributed by atoms with Gasteiger partial charge in [-0.15, -0.1) is 0 Å². The third kappa shape index (κ3) is 6.70. The Morgan fingerprint density at radius 2 is 1.83 bits per heavy atom. The highest BCUT2D eigenvalue weighted by Gasteiger charge is 2.36. The molecule has 0 bridgehead atoms. The summed E-state index contributed by atoms with van der Waals surface area (Å²) >= 11 is 7.00. The van der Waals surface area contributed by atoms with Gasteiger partial charge in [-0.1, -0.05) is 11.6 Å². The molecular formula is C24H23ClN2O8S. The van der Waals surface area contributed by atoms with Crippen LogP contribution in [0.4, 0.5) is 10.5 Å². The number of anilines is 1. The van der Waals surface area contributed by atoms with Crippen LogP contribution in [-0.4, -0.2) is 61.9 Å². The van der Waals surface area contributed by atoms with Crippen LogP contribution >= 0.6 is 23.4 Å². The van der Waals surface area contributed by atoms with Gasteiger partial charge in [0.05, 0.1) is 30.8 Å². The second-order valence-corrected chi connectivity index (χ2v) is 8.57. The number of esters is 1. The van der Waals surface area contributed by atoms with Crippen molar-refractivity contribution >= 4 is 58.1 Å². The number of carbonyl (C=O) groups excluding carboxylic acids is 4. The van der Waals surface area contributed by atoms with Crippen molar-refractivity contribution in [3.63, 3.8) is 0 Å². The first-order valence-corrected chi connectivity index (χ1v) is 11.8. The number of ether oxygens (including phenoxy) is 4. The molecule has 10 nitrogen and oxygen atoms in total.